The number of nitrogens with one attached hydrogen (secondary N) is 2. The molecule has 51 heavy (non-hydrogen) atoms. The van der Waals surface area contributed by atoms with E-state index in [1.54, 1.807) is 4.90 Å². The zero-order valence-electron chi connectivity index (χ0n) is 30.0. The van der Waals surface area contributed by atoms with Crippen LogP contribution in [0.2, 0.25) is 0 Å². The first kappa shape index (κ1) is 34.6. The van der Waals surface area contributed by atoms with Gasteiger partial charge in [0.1, 0.15) is 6.17 Å². The van der Waals surface area contributed by atoms with Crippen LogP contribution in [0.3, 0.4) is 0 Å². The molecule has 9 rings (SSSR count). The second kappa shape index (κ2) is 14.6. The van der Waals surface area contributed by atoms with Crippen LogP contribution in [0.5, 0.6) is 0 Å². The highest BCUT2D eigenvalue weighted by atomic mass is 19.1. The molecule has 6 aliphatic heterocycles. The van der Waals surface area contributed by atoms with Gasteiger partial charge in [0.15, 0.2) is 5.78 Å². The van der Waals surface area contributed by atoms with E-state index in [2.05, 4.69) is 25.3 Å². The van der Waals surface area contributed by atoms with Gasteiger partial charge in [-0.05, 0) is 76.3 Å². The van der Waals surface area contributed by atoms with Crippen molar-refractivity contribution in [2.45, 2.75) is 119 Å². The Morgan fingerprint density at radius 3 is 2.53 bits per heavy atom. The third-order valence-corrected chi connectivity index (χ3v) is 14.0. The van der Waals surface area contributed by atoms with E-state index in [1.165, 1.54) is 32.1 Å². The van der Waals surface area contributed by atoms with Crippen molar-refractivity contribution < 1.29 is 33.0 Å². The molecule has 9 aliphatic rings. The molecule has 0 spiro atoms. The minimum Gasteiger partial charge on any atom is -0.378 e. The number of carbonyl (C=O) groups excluding carboxylic acids is 3. The Balaban J connectivity index is 0.932. The molecule has 12 nitrogen and oxygen atoms in total. The minimum atomic E-state index is -1.29. The number of rotatable bonds is 8. The molecule has 0 aromatic heterocycles. The average Bonchev–Trinajstić information content (AvgIpc) is 3.91. The van der Waals surface area contributed by atoms with Crippen LogP contribution in [0, 0.1) is 17.8 Å². The molecule has 13 heteroatoms. The van der Waals surface area contributed by atoms with Gasteiger partial charge in [-0.1, -0.05) is 12.8 Å². The van der Waals surface area contributed by atoms with Gasteiger partial charge in [0.05, 0.1) is 67.9 Å². The van der Waals surface area contributed by atoms with Gasteiger partial charge in [0.25, 0.3) is 5.91 Å². The lowest BCUT2D eigenvalue weighted by Gasteiger charge is -2.61. The van der Waals surface area contributed by atoms with Crippen molar-refractivity contribution in [2.75, 3.05) is 72.1 Å². The van der Waals surface area contributed by atoms with E-state index >= 15 is 4.39 Å². The number of alkyl halides is 1. The maximum absolute atomic E-state index is 16.8. The van der Waals surface area contributed by atoms with Crippen LogP contribution >= 0.6 is 0 Å². The zero-order valence-corrected chi connectivity index (χ0v) is 30.0. The molecule has 6 heterocycles. The van der Waals surface area contributed by atoms with E-state index in [-0.39, 0.29) is 66.5 Å². The molecule has 8 fully saturated rings. The highest BCUT2D eigenvalue weighted by molar-refractivity contribution is 6.20. The summed E-state index contributed by atoms with van der Waals surface area (Å²) in [6, 6.07) is -0.954. The Morgan fingerprint density at radius 1 is 0.863 bits per heavy atom. The summed E-state index contributed by atoms with van der Waals surface area (Å²) in [6.07, 6.45) is 10.1. The van der Waals surface area contributed by atoms with Gasteiger partial charge in [0.2, 0.25) is 5.91 Å². The fourth-order valence-corrected chi connectivity index (χ4v) is 11.6. The maximum Gasteiger partial charge on any atom is 0.259 e. The van der Waals surface area contributed by atoms with Crippen LogP contribution in [-0.2, 0) is 28.6 Å². The van der Waals surface area contributed by atoms with Crippen LogP contribution < -0.4 is 10.6 Å². The molecular formula is C38H57FN6O6. The van der Waals surface area contributed by atoms with Crippen molar-refractivity contribution in [3.63, 3.8) is 0 Å². The third kappa shape index (κ3) is 6.55. The van der Waals surface area contributed by atoms with Crippen LogP contribution in [0.25, 0.3) is 0 Å². The summed E-state index contributed by atoms with van der Waals surface area (Å²) in [6.45, 7) is 7.34. The summed E-state index contributed by atoms with van der Waals surface area (Å²) in [5.41, 5.74) is 0.185. The molecular weight excluding hydrogens is 655 g/mol. The van der Waals surface area contributed by atoms with Crippen molar-refractivity contribution in [3.05, 3.63) is 11.8 Å². The lowest BCUT2D eigenvalue weighted by molar-refractivity contribution is -0.220. The van der Waals surface area contributed by atoms with Crippen LogP contribution in [0.4, 0.5) is 4.39 Å². The summed E-state index contributed by atoms with van der Waals surface area (Å²) in [5.74, 6) is -0.219. The summed E-state index contributed by atoms with van der Waals surface area (Å²) < 4.78 is 36.1. The molecule has 3 saturated carbocycles. The molecule has 12 atom stereocenters. The number of hydrogen-bond donors (Lipinski definition) is 2. The Labute approximate surface area is 301 Å². The second-order valence-corrected chi connectivity index (χ2v) is 16.9. The first-order valence-electron chi connectivity index (χ1n) is 20.2. The summed E-state index contributed by atoms with van der Waals surface area (Å²) in [4.78, 5) is 49.6. The Bertz CT molecular complexity index is 1360. The summed E-state index contributed by atoms with van der Waals surface area (Å²) in [5, 5.41) is 6.49. The number of hydrogen-bond acceptors (Lipinski definition) is 10. The first-order valence-corrected chi connectivity index (χ1v) is 20.2. The molecule has 282 valence electrons. The molecule has 2 N–H and O–H groups in total. The first-order chi connectivity index (χ1) is 24.9. The number of halogens is 1. The van der Waals surface area contributed by atoms with Crippen molar-refractivity contribution in [2.24, 2.45) is 17.8 Å². The molecule has 11 unspecified atom stereocenters. The van der Waals surface area contributed by atoms with Gasteiger partial charge >= 0.3 is 0 Å². The number of fused-ring (bicyclic) bond motifs is 5. The predicted octanol–water partition coefficient (Wildman–Crippen LogP) is 1.09. The van der Waals surface area contributed by atoms with Gasteiger partial charge in [0, 0.05) is 57.4 Å². The predicted molar refractivity (Wildman–Crippen MR) is 185 cm³/mol. The zero-order chi connectivity index (χ0) is 34.6. The number of nitrogens with zero attached hydrogens (tertiary/aromatic N) is 4. The molecule has 0 aromatic rings. The number of ether oxygens (including phenoxy) is 3. The molecule has 0 bridgehead atoms. The fourth-order valence-electron chi connectivity index (χ4n) is 11.6. The van der Waals surface area contributed by atoms with E-state index in [9.17, 15) is 14.4 Å². The molecule has 2 amide bonds. The van der Waals surface area contributed by atoms with Gasteiger partial charge in [-0.3, -0.25) is 19.3 Å². The van der Waals surface area contributed by atoms with E-state index in [4.69, 9.17) is 14.2 Å². The summed E-state index contributed by atoms with van der Waals surface area (Å²) >= 11 is 0. The van der Waals surface area contributed by atoms with E-state index in [0.717, 1.165) is 51.9 Å². The quantitative estimate of drug-likeness (QED) is 0.280. The standard InChI is InChI=1S/C38H57FN6O6/c39-28-17-26-34-37(35(28)44-11-7-23(21-44)41-33(46)20-40-8-12-42-9-3-4-10-42)51-32-18-25-24-5-1-2-6-30(24)50-31(25)19-29(32)45(34)22-27(36(26)47)38(48)43-13-15-49-16-14-43/h22-26,28-32,34-35,37,40H,1-21H2,(H,41,46)/t23-,24?,25?,26?,28?,29?,30?,31?,32?,34?,35?,37?/m1/s1. The average molecular weight is 713 g/mol. The van der Waals surface area contributed by atoms with Gasteiger partial charge in [-0.15, -0.1) is 0 Å². The van der Waals surface area contributed by atoms with Gasteiger partial charge in [-0.2, -0.15) is 0 Å². The second-order valence-electron chi connectivity index (χ2n) is 16.9. The Kier molecular flexibility index (Phi) is 9.89. The van der Waals surface area contributed by atoms with Crippen molar-refractivity contribution in [1.82, 2.24) is 30.2 Å². The molecule has 3 aliphatic carbocycles. The lowest BCUT2D eigenvalue weighted by Crippen LogP contribution is -2.73. The summed E-state index contributed by atoms with van der Waals surface area (Å²) in [7, 11) is 0. The number of Topliss-reactive ketones (excluding diaryl/α,β-unsaturated/α-hetero) is 1. The maximum atomic E-state index is 16.8. The molecule has 0 aromatic carbocycles. The SMILES string of the molecule is O=C(CNCCN1CCCC1)N[C@@H]1CCN(C2C(F)CC3C(=O)C(C(=O)N4CCOCC4)=CN4C5CC6OC7CCCCC7C6CC5OC2C34)C1. The van der Waals surface area contributed by atoms with E-state index < -0.39 is 24.2 Å². The van der Waals surface area contributed by atoms with Crippen molar-refractivity contribution >= 4 is 17.6 Å². The Morgan fingerprint density at radius 2 is 1.69 bits per heavy atom. The van der Waals surface area contributed by atoms with Gasteiger partial charge in [-0.25, -0.2) is 4.39 Å². The number of likely N-dealkylation sites (tertiary alicyclic amines) is 2. The number of carbonyl (C=O) groups is 3. The third-order valence-electron chi connectivity index (χ3n) is 14.0. The van der Waals surface area contributed by atoms with Crippen LogP contribution in [-0.4, -0.2) is 164 Å². The number of amides is 2. The van der Waals surface area contributed by atoms with Crippen molar-refractivity contribution in [3.8, 4) is 0 Å². The minimum absolute atomic E-state index is 0.0243. The largest absolute Gasteiger partial charge is 0.378 e. The monoisotopic (exact) mass is 712 g/mol. The fraction of sp³-hybridized carbons (Fsp3) is 0.868. The lowest BCUT2D eigenvalue weighted by atomic mass is 9.67. The number of ketones is 1. The Hall–Kier alpha value is -2.16. The molecule has 5 saturated heterocycles. The van der Waals surface area contributed by atoms with Crippen molar-refractivity contribution in [1.29, 1.82) is 0 Å². The van der Waals surface area contributed by atoms with Gasteiger partial charge < -0.3 is 39.5 Å². The van der Waals surface area contributed by atoms with E-state index in [0.29, 0.717) is 57.3 Å². The van der Waals surface area contributed by atoms with E-state index in [1.807, 2.05) is 6.20 Å². The van der Waals surface area contributed by atoms with Crippen LogP contribution in [0.15, 0.2) is 11.8 Å². The highest BCUT2D eigenvalue weighted by Crippen LogP contribution is 2.53. The normalized spacial score (nSPS) is 42.5. The smallest absolute Gasteiger partial charge is 0.259 e. The van der Waals surface area contributed by atoms with Crippen LogP contribution in [0.1, 0.15) is 64.2 Å². The number of morpholine rings is 2. The molecule has 0 radical (unpaired) electrons. The highest BCUT2D eigenvalue weighted by Gasteiger charge is 2.62. The topological polar surface area (TPSA) is 116 Å².